The second-order valence-corrected chi connectivity index (χ2v) is 9.26. The lowest BCUT2D eigenvalue weighted by Gasteiger charge is -2.28. The second-order valence-electron chi connectivity index (χ2n) is 8.31. The smallest absolute Gasteiger partial charge is 0.123 e. The Bertz CT molecular complexity index is 891. The van der Waals surface area contributed by atoms with Gasteiger partial charge in [-0.3, -0.25) is 0 Å². The van der Waals surface area contributed by atoms with Crippen LogP contribution in [0.3, 0.4) is 0 Å². The summed E-state index contributed by atoms with van der Waals surface area (Å²) < 4.78 is 18.7. The molecule has 0 bridgehead atoms. The third-order valence-corrected chi connectivity index (χ3v) is 6.76. The number of aliphatic imine (C=N–C) groups is 1. The summed E-state index contributed by atoms with van der Waals surface area (Å²) in [6.45, 7) is 6.69. The number of hydrogen-bond donors (Lipinski definition) is 1. The Balaban J connectivity index is 1.62. The molecule has 1 N–H and O–H groups in total. The van der Waals surface area contributed by atoms with Crippen LogP contribution in [0.25, 0.3) is 5.57 Å². The molecule has 0 unspecified atom stereocenters. The summed E-state index contributed by atoms with van der Waals surface area (Å²) in [4.78, 5) is 7.18. The van der Waals surface area contributed by atoms with Crippen LogP contribution in [0.5, 0.6) is 0 Å². The van der Waals surface area contributed by atoms with E-state index in [4.69, 9.17) is 9.73 Å². The van der Waals surface area contributed by atoms with Crippen molar-refractivity contribution in [3.8, 4) is 0 Å². The van der Waals surface area contributed by atoms with Crippen molar-refractivity contribution in [3.63, 3.8) is 0 Å². The molecular weight excluding hydrogens is 433 g/mol. The normalized spacial score (nSPS) is 15.2. The van der Waals surface area contributed by atoms with E-state index in [1.165, 1.54) is 48.2 Å². The molecule has 6 heteroatoms. The zero-order valence-electron chi connectivity index (χ0n) is 19.9. The van der Waals surface area contributed by atoms with Crippen LogP contribution in [0.2, 0.25) is 0 Å². The lowest BCUT2D eigenvalue weighted by molar-refractivity contribution is 0.122. The first-order chi connectivity index (χ1) is 16.2. The highest BCUT2D eigenvalue weighted by Crippen LogP contribution is 2.26. The molecule has 1 aliphatic heterocycles. The molecule has 0 aliphatic carbocycles. The van der Waals surface area contributed by atoms with Crippen LogP contribution in [-0.4, -0.2) is 44.9 Å². The van der Waals surface area contributed by atoms with Crippen LogP contribution in [0, 0.1) is 5.82 Å². The number of morpholine rings is 1. The van der Waals surface area contributed by atoms with Gasteiger partial charge in [-0.2, -0.15) is 0 Å². The van der Waals surface area contributed by atoms with Gasteiger partial charge in [0.05, 0.1) is 23.9 Å². The van der Waals surface area contributed by atoms with E-state index in [1.807, 2.05) is 7.05 Å². The molecule has 1 saturated heterocycles. The first-order valence-corrected chi connectivity index (χ1v) is 12.8. The number of nitrogens with one attached hydrogen (secondary N) is 1. The van der Waals surface area contributed by atoms with E-state index < -0.39 is 0 Å². The Labute approximate surface area is 202 Å². The van der Waals surface area contributed by atoms with Crippen LogP contribution in [0.1, 0.15) is 44.6 Å². The number of nitrogens with zero attached hydrogens (tertiary/aromatic N) is 2. The Hall–Kier alpha value is -2.15. The lowest BCUT2D eigenvalue weighted by atomic mass is 10.1. The van der Waals surface area contributed by atoms with Crippen molar-refractivity contribution in [2.24, 2.45) is 4.99 Å². The zero-order valence-corrected chi connectivity index (χ0v) is 20.7. The van der Waals surface area contributed by atoms with Crippen molar-refractivity contribution in [3.05, 3.63) is 65.3 Å². The summed E-state index contributed by atoms with van der Waals surface area (Å²) in [7, 11) is 1.99. The van der Waals surface area contributed by atoms with E-state index in [9.17, 15) is 4.39 Å². The maximum atomic E-state index is 13.3. The van der Waals surface area contributed by atoms with Gasteiger partial charge in [0.1, 0.15) is 5.82 Å². The molecule has 178 valence electrons. The van der Waals surface area contributed by atoms with Crippen molar-refractivity contribution in [1.29, 1.82) is 0 Å². The monoisotopic (exact) mass is 469 g/mol. The standard InChI is InChI=1S/C27H36FN3OS/c1-22(23-8-14-26(15-9-23)31-17-19-32-20-18-31)21-33-27(7-5-3-4-6-16-29-2)30-25-12-10-24(28)11-13-25/h8-15,21,29H,3-7,16-20H2,1-2H3/b22-21+,30-27?. The number of anilines is 1. The zero-order chi connectivity index (χ0) is 23.3. The predicted octanol–water partition coefficient (Wildman–Crippen LogP) is 6.66. The van der Waals surface area contributed by atoms with Crippen LogP contribution in [-0.2, 0) is 4.74 Å². The minimum Gasteiger partial charge on any atom is -0.378 e. The lowest BCUT2D eigenvalue weighted by Crippen LogP contribution is -2.36. The van der Waals surface area contributed by atoms with Crippen molar-refractivity contribution in [2.75, 3.05) is 44.8 Å². The first kappa shape index (κ1) is 25.5. The molecule has 1 heterocycles. The van der Waals surface area contributed by atoms with Gasteiger partial charge >= 0.3 is 0 Å². The molecule has 1 aliphatic rings. The number of rotatable bonds is 11. The molecule has 4 nitrogen and oxygen atoms in total. The van der Waals surface area contributed by atoms with Gasteiger partial charge in [0.25, 0.3) is 0 Å². The van der Waals surface area contributed by atoms with Crippen LogP contribution < -0.4 is 10.2 Å². The predicted molar refractivity (Wildman–Crippen MR) is 141 cm³/mol. The van der Waals surface area contributed by atoms with E-state index >= 15 is 0 Å². The Morgan fingerprint density at radius 1 is 1.03 bits per heavy atom. The second kappa shape index (κ2) is 14.2. The maximum absolute atomic E-state index is 13.3. The average molecular weight is 470 g/mol. The molecule has 3 rings (SSSR count). The van der Waals surface area contributed by atoms with E-state index in [2.05, 4.69) is 46.8 Å². The fourth-order valence-electron chi connectivity index (χ4n) is 3.71. The van der Waals surface area contributed by atoms with Gasteiger partial charge < -0.3 is 15.0 Å². The molecule has 0 saturated carbocycles. The van der Waals surface area contributed by atoms with Crippen molar-refractivity contribution >= 4 is 33.8 Å². The van der Waals surface area contributed by atoms with Crippen LogP contribution in [0.15, 0.2) is 58.9 Å². The largest absolute Gasteiger partial charge is 0.378 e. The van der Waals surface area contributed by atoms with E-state index in [0.717, 1.165) is 56.4 Å². The van der Waals surface area contributed by atoms with Crippen molar-refractivity contribution in [2.45, 2.75) is 39.0 Å². The van der Waals surface area contributed by atoms with Crippen molar-refractivity contribution in [1.82, 2.24) is 5.32 Å². The first-order valence-electron chi connectivity index (χ1n) is 11.9. The molecular formula is C27H36FN3OS. The number of thioether (sulfide) groups is 1. The number of ether oxygens (including phenoxy) is 1. The summed E-state index contributed by atoms with van der Waals surface area (Å²) in [5.74, 6) is -0.232. The number of hydrogen-bond acceptors (Lipinski definition) is 5. The van der Waals surface area contributed by atoms with Crippen LogP contribution in [0.4, 0.5) is 15.8 Å². The van der Waals surface area contributed by atoms with Gasteiger partial charge in [-0.1, -0.05) is 36.7 Å². The molecule has 0 spiro atoms. The third-order valence-electron chi connectivity index (χ3n) is 5.72. The van der Waals surface area contributed by atoms with Gasteiger partial charge in [-0.05, 0) is 92.7 Å². The maximum Gasteiger partial charge on any atom is 0.123 e. The number of halogens is 1. The number of benzene rings is 2. The SMILES string of the molecule is CNCCCCCCC(=Nc1ccc(F)cc1)S/C=C(\C)c1ccc(N2CCOCC2)cc1. The number of unbranched alkanes of at least 4 members (excludes halogenated alkanes) is 3. The van der Waals surface area contributed by atoms with Gasteiger partial charge in [0.15, 0.2) is 0 Å². The van der Waals surface area contributed by atoms with E-state index in [0.29, 0.717) is 0 Å². The molecule has 1 fully saturated rings. The van der Waals surface area contributed by atoms with E-state index in [-0.39, 0.29) is 5.82 Å². The van der Waals surface area contributed by atoms with Gasteiger partial charge in [-0.15, -0.1) is 0 Å². The highest BCUT2D eigenvalue weighted by molar-refractivity contribution is 8.16. The Kier molecular flexibility index (Phi) is 10.9. The van der Waals surface area contributed by atoms with Gasteiger partial charge in [-0.25, -0.2) is 9.38 Å². The molecule has 0 amide bonds. The molecule has 0 aromatic heterocycles. The summed E-state index contributed by atoms with van der Waals surface area (Å²) >= 11 is 1.68. The fourth-order valence-corrected chi connectivity index (χ4v) is 4.58. The molecule has 0 atom stereocenters. The van der Waals surface area contributed by atoms with Gasteiger partial charge in [0.2, 0.25) is 0 Å². The Morgan fingerprint density at radius 2 is 1.73 bits per heavy atom. The fraction of sp³-hybridized carbons (Fsp3) is 0.444. The van der Waals surface area contributed by atoms with E-state index in [1.54, 1.807) is 23.9 Å². The summed E-state index contributed by atoms with van der Waals surface area (Å²) in [5, 5.41) is 6.46. The molecule has 0 radical (unpaired) electrons. The minimum atomic E-state index is -0.232. The highest BCUT2D eigenvalue weighted by Gasteiger charge is 2.11. The quantitative estimate of drug-likeness (QED) is 0.227. The minimum absolute atomic E-state index is 0.232. The third kappa shape index (κ3) is 8.95. The number of allylic oxidation sites excluding steroid dienone is 1. The summed E-state index contributed by atoms with van der Waals surface area (Å²) in [5.41, 5.74) is 4.48. The molecule has 33 heavy (non-hydrogen) atoms. The topological polar surface area (TPSA) is 36.9 Å². The highest BCUT2D eigenvalue weighted by atomic mass is 32.2. The molecule has 2 aromatic rings. The van der Waals surface area contributed by atoms with Gasteiger partial charge in [0, 0.05) is 18.8 Å². The summed E-state index contributed by atoms with van der Waals surface area (Å²) in [6.07, 6.45) is 5.66. The van der Waals surface area contributed by atoms with Crippen molar-refractivity contribution < 1.29 is 9.13 Å². The molecule has 2 aromatic carbocycles. The Morgan fingerprint density at radius 3 is 2.42 bits per heavy atom. The summed E-state index contributed by atoms with van der Waals surface area (Å²) in [6, 6.07) is 15.2. The average Bonchev–Trinajstić information content (AvgIpc) is 2.86. The van der Waals surface area contributed by atoms with Crippen LogP contribution >= 0.6 is 11.8 Å².